The van der Waals surface area contributed by atoms with Gasteiger partial charge in [0.05, 0.1) is 20.1 Å². The van der Waals surface area contributed by atoms with E-state index in [-0.39, 0.29) is 17.7 Å². The Morgan fingerprint density at radius 1 is 1.20 bits per heavy atom. The molecule has 7 nitrogen and oxygen atoms in total. The van der Waals surface area contributed by atoms with E-state index in [0.717, 1.165) is 17.1 Å². The molecule has 0 spiro atoms. The standard InChI is InChI=1S/C18H27N3O4/c1-13(22)21-8-7-20(11-15(12-21)18(23)19-2)10-14-5-6-16(24-3)9-17(14)25-4/h5-6,9,15H,7-8,10-12H2,1-4H3,(H,19,23)/t15-/m0/s1. The van der Waals surface area contributed by atoms with Crippen LogP contribution in [0.2, 0.25) is 0 Å². The van der Waals surface area contributed by atoms with Crippen LogP contribution < -0.4 is 14.8 Å². The number of hydrogen-bond donors (Lipinski definition) is 1. The van der Waals surface area contributed by atoms with Crippen LogP contribution in [-0.4, -0.2) is 69.1 Å². The summed E-state index contributed by atoms with van der Waals surface area (Å²) in [5.74, 6) is 1.20. The van der Waals surface area contributed by atoms with Crippen LogP contribution in [0.5, 0.6) is 11.5 Å². The van der Waals surface area contributed by atoms with E-state index < -0.39 is 0 Å². The third-order valence-electron chi connectivity index (χ3n) is 4.56. The highest BCUT2D eigenvalue weighted by molar-refractivity contribution is 5.80. The van der Waals surface area contributed by atoms with Crippen molar-refractivity contribution in [2.45, 2.75) is 13.5 Å². The highest BCUT2D eigenvalue weighted by atomic mass is 16.5. The van der Waals surface area contributed by atoms with Gasteiger partial charge in [0.2, 0.25) is 11.8 Å². The van der Waals surface area contributed by atoms with Crippen molar-refractivity contribution in [3.63, 3.8) is 0 Å². The summed E-state index contributed by atoms with van der Waals surface area (Å²) >= 11 is 0. The Balaban J connectivity index is 2.17. The lowest BCUT2D eigenvalue weighted by molar-refractivity contribution is -0.130. The second kappa shape index (κ2) is 8.71. The number of carbonyl (C=O) groups excluding carboxylic acids is 2. The maximum Gasteiger partial charge on any atom is 0.225 e. The van der Waals surface area contributed by atoms with E-state index in [9.17, 15) is 9.59 Å². The van der Waals surface area contributed by atoms with Crippen LogP contribution in [0, 0.1) is 5.92 Å². The van der Waals surface area contributed by atoms with Gasteiger partial charge in [-0.3, -0.25) is 14.5 Å². The Hall–Kier alpha value is -2.28. The maximum atomic E-state index is 12.2. The van der Waals surface area contributed by atoms with Gasteiger partial charge in [-0.05, 0) is 6.07 Å². The van der Waals surface area contributed by atoms with Crippen molar-refractivity contribution in [3.05, 3.63) is 23.8 Å². The molecular weight excluding hydrogens is 322 g/mol. The van der Waals surface area contributed by atoms with Crippen molar-refractivity contribution in [1.82, 2.24) is 15.1 Å². The quantitative estimate of drug-likeness (QED) is 0.849. The summed E-state index contributed by atoms with van der Waals surface area (Å²) in [6.45, 7) is 4.56. The number of rotatable bonds is 5. The van der Waals surface area contributed by atoms with Crippen molar-refractivity contribution >= 4 is 11.8 Å². The molecule has 0 bridgehead atoms. The zero-order valence-corrected chi connectivity index (χ0v) is 15.4. The molecule has 1 fully saturated rings. The van der Waals surface area contributed by atoms with Gasteiger partial charge >= 0.3 is 0 Å². The number of hydrogen-bond acceptors (Lipinski definition) is 5. The van der Waals surface area contributed by atoms with E-state index in [2.05, 4.69) is 10.2 Å². The van der Waals surface area contributed by atoms with Crippen LogP contribution in [0.15, 0.2) is 18.2 Å². The first-order chi connectivity index (χ1) is 12.0. The molecule has 1 aliphatic heterocycles. The molecule has 1 N–H and O–H groups in total. The number of ether oxygens (including phenoxy) is 2. The summed E-state index contributed by atoms with van der Waals surface area (Å²) in [7, 11) is 4.88. The summed E-state index contributed by atoms with van der Waals surface area (Å²) in [5, 5.41) is 2.70. The van der Waals surface area contributed by atoms with Gasteiger partial charge in [0.1, 0.15) is 11.5 Å². The van der Waals surface area contributed by atoms with Crippen LogP contribution >= 0.6 is 0 Å². The van der Waals surface area contributed by atoms with E-state index >= 15 is 0 Å². The zero-order chi connectivity index (χ0) is 18.4. The fourth-order valence-corrected chi connectivity index (χ4v) is 3.10. The predicted molar refractivity (Wildman–Crippen MR) is 94.6 cm³/mol. The molecule has 1 aliphatic rings. The Morgan fingerprint density at radius 2 is 1.96 bits per heavy atom. The van der Waals surface area contributed by atoms with Crippen molar-refractivity contribution < 1.29 is 19.1 Å². The molecule has 138 valence electrons. The van der Waals surface area contributed by atoms with Crippen LogP contribution in [-0.2, 0) is 16.1 Å². The first-order valence-corrected chi connectivity index (χ1v) is 8.38. The van der Waals surface area contributed by atoms with Gasteiger partial charge in [0.15, 0.2) is 0 Å². The molecule has 1 atom stereocenters. The minimum Gasteiger partial charge on any atom is -0.497 e. The van der Waals surface area contributed by atoms with E-state index in [1.807, 2.05) is 18.2 Å². The summed E-state index contributed by atoms with van der Waals surface area (Å²) in [5.41, 5.74) is 1.02. The van der Waals surface area contributed by atoms with Gasteiger partial charge in [-0.25, -0.2) is 0 Å². The molecule has 1 aromatic rings. The van der Waals surface area contributed by atoms with Crippen LogP contribution in [0.4, 0.5) is 0 Å². The molecule has 2 rings (SSSR count). The predicted octanol–water partition coefficient (Wildman–Crippen LogP) is 0.730. The summed E-state index contributed by atoms with van der Waals surface area (Å²) < 4.78 is 10.7. The van der Waals surface area contributed by atoms with Crippen molar-refractivity contribution in [2.75, 3.05) is 47.4 Å². The van der Waals surface area contributed by atoms with Crippen molar-refractivity contribution in [2.24, 2.45) is 5.92 Å². The van der Waals surface area contributed by atoms with E-state index in [0.29, 0.717) is 32.7 Å². The molecule has 0 aromatic heterocycles. The maximum absolute atomic E-state index is 12.2. The smallest absolute Gasteiger partial charge is 0.225 e. The summed E-state index contributed by atoms with van der Waals surface area (Å²) in [6.07, 6.45) is 0. The first-order valence-electron chi connectivity index (χ1n) is 8.38. The molecule has 1 saturated heterocycles. The Labute approximate surface area is 148 Å². The van der Waals surface area contributed by atoms with Gasteiger partial charge in [-0.1, -0.05) is 6.07 Å². The van der Waals surface area contributed by atoms with Crippen LogP contribution in [0.1, 0.15) is 12.5 Å². The lowest BCUT2D eigenvalue weighted by atomic mass is 10.1. The first kappa shape index (κ1) is 19.1. The lowest BCUT2D eigenvalue weighted by Crippen LogP contribution is -2.40. The average Bonchev–Trinajstić information content (AvgIpc) is 2.84. The number of amides is 2. The lowest BCUT2D eigenvalue weighted by Gasteiger charge is -2.24. The van der Waals surface area contributed by atoms with Gasteiger partial charge in [-0.2, -0.15) is 0 Å². The van der Waals surface area contributed by atoms with Gasteiger partial charge < -0.3 is 19.7 Å². The van der Waals surface area contributed by atoms with Crippen molar-refractivity contribution in [3.8, 4) is 11.5 Å². The minimum atomic E-state index is -0.249. The number of carbonyl (C=O) groups is 2. The number of nitrogens with zero attached hydrogens (tertiary/aromatic N) is 2. The fourth-order valence-electron chi connectivity index (χ4n) is 3.10. The summed E-state index contributed by atoms with van der Waals surface area (Å²) in [4.78, 5) is 27.9. The molecule has 7 heteroatoms. The Bertz CT molecular complexity index is 620. The third kappa shape index (κ3) is 4.85. The monoisotopic (exact) mass is 349 g/mol. The topological polar surface area (TPSA) is 71.1 Å². The van der Waals surface area contributed by atoms with E-state index in [1.165, 1.54) is 0 Å². The van der Waals surface area contributed by atoms with Crippen LogP contribution in [0.3, 0.4) is 0 Å². The molecule has 1 heterocycles. The van der Waals surface area contributed by atoms with Gasteiger partial charge in [0.25, 0.3) is 0 Å². The van der Waals surface area contributed by atoms with Gasteiger partial charge in [0, 0.05) is 58.3 Å². The highest BCUT2D eigenvalue weighted by Crippen LogP contribution is 2.26. The molecule has 0 radical (unpaired) electrons. The van der Waals surface area contributed by atoms with E-state index in [4.69, 9.17) is 9.47 Å². The molecule has 0 unspecified atom stereocenters. The molecular formula is C18H27N3O4. The number of methoxy groups -OCH3 is 2. The number of nitrogens with one attached hydrogen (secondary N) is 1. The highest BCUT2D eigenvalue weighted by Gasteiger charge is 2.28. The largest absolute Gasteiger partial charge is 0.497 e. The normalized spacial score (nSPS) is 18.4. The second-order valence-electron chi connectivity index (χ2n) is 6.19. The Morgan fingerprint density at radius 3 is 2.56 bits per heavy atom. The molecule has 2 amide bonds. The fraction of sp³-hybridized carbons (Fsp3) is 0.556. The SMILES string of the molecule is CNC(=O)[C@H]1CN(Cc2ccc(OC)cc2OC)CCN(C(C)=O)C1. The molecule has 25 heavy (non-hydrogen) atoms. The zero-order valence-electron chi connectivity index (χ0n) is 15.4. The third-order valence-corrected chi connectivity index (χ3v) is 4.56. The number of benzene rings is 1. The minimum absolute atomic E-state index is 0.00205. The van der Waals surface area contributed by atoms with E-state index in [1.54, 1.807) is 33.1 Å². The average molecular weight is 349 g/mol. The van der Waals surface area contributed by atoms with Crippen LogP contribution in [0.25, 0.3) is 0 Å². The van der Waals surface area contributed by atoms with Gasteiger partial charge in [-0.15, -0.1) is 0 Å². The molecule has 1 aromatic carbocycles. The molecule has 0 aliphatic carbocycles. The summed E-state index contributed by atoms with van der Waals surface area (Å²) in [6, 6.07) is 5.72. The molecule has 0 saturated carbocycles. The second-order valence-corrected chi connectivity index (χ2v) is 6.19. The Kier molecular flexibility index (Phi) is 6.64. The van der Waals surface area contributed by atoms with Crippen molar-refractivity contribution in [1.29, 1.82) is 0 Å².